The molecule has 22 heavy (non-hydrogen) atoms. The van der Waals surface area contributed by atoms with Crippen LogP contribution in [0, 0.1) is 11.3 Å². The van der Waals surface area contributed by atoms with Crippen LogP contribution in [0.15, 0.2) is 48.7 Å². The smallest absolute Gasteiger partial charge is 0.133 e. The molecule has 1 aromatic carbocycles. The fraction of sp³-hybridized carbons (Fsp3) is 0.333. The van der Waals surface area contributed by atoms with E-state index in [0.29, 0.717) is 5.15 Å². The molecule has 0 N–H and O–H groups in total. The molecule has 1 saturated heterocycles. The Balaban J connectivity index is 1.72. The molecule has 0 unspecified atom stereocenters. The first kappa shape index (κ1) is 15.0. The van der Waals surface area contributed by atoms with Gasteiger partial charge in [-0.1, -0.05) is 48.0 Å². The van der Waals surface area contributed by atoms with Gasteiger partial charge in [0.15, 0.2) is 0 Å². The van der Waals surface area contributed by atoms with Crippen LogP contribution < -0.4 is 0 Å². The van der Waals surface area contributed by atoms with Gasteiger partial charge in [-0.05, 0) is 24.5 Å². The molecule has 1 fully saturated rings. The van der Waals surface area contributed by atoms with Crippen molar-refractivity contribution in [3.8, 4) is 6.07 Å². The van der Waals surface area contributed by atoms with Gasteiger partial charge in [0.1, 0.15) is 5.15 Å². The zero-order chi connectivity index (χ0) is 15.4. The highest BCUT2D eigenvalue weighted by Crippen LogP contribution is 2.38. The summed E-state index contributed by atoms with van der Waals surface area (Å²) in [5, 5.41) is 10.2. The Hall–Kier alpha value is -1.89. The fourth-order valence-electron chi connectivity index (χ4n) is 3.12. The van der Waals surface area contributed by atoms with Crippen LogP contribution in [0.5, 0.6) is 0 Å². The lowest BCUT2D eigenvalue weighted by atomic mass is 9.74. The van der Waals surface area contributed by atoms with Gasteiger partial charge in [-0.15, -0.1) is 0 Å². The maximum atomic E-state index is 9.74. The number of piperidine rings is 1. The van der Waals surface area contributed by atoms with Crippen molar-refractivity contribution in [1.29, 1.82) is 5.26 Å². The largest absolute Gasteiger partial charge is 0.299 e. The average Bonchev–Trinajstić information content (AvgIpc) is 2.57. The normalized spacial score (nSPS) is 17.8. The molecule has 4 heteroatoms. The predicted octanol–water partition coefficient (Wildman–Crippen LogP) is 3.79. The van der Waals surface area contributed by atoms with Gasteiger partial charge >= 0.3 is 0 Å². The minimum absolute atomic E-state index is 0.459. The number of nitrogens with zero attached hydrogens (tertiary/aromatic N) is 3. The highest BCUT2D eigenvalue weighted by Gasteiger charge is 2.38. The molecule has 1 aliphatic rings. The number of aromatic nitrogens is 1. The Kier molecular flexibility index (Phi) is 4.42. The minimum atomic E-state index is -0.501. The van der Waals surface area contributed by atoms with Crippen LogP contribution >= 0.6 is 11.6 Å². The van der Waals surface area contributed by atoms with Crippen LogP contribution in [0.25, 0.3) is 0 Å². The summed E-state index contributed by atoms with van der Waals surface area (Å²) in [7, 11) is 0. The quantitative estimate of drug-likeness (QED) is 0.810. The molecule has 0 amide bonds. The van der Waals surface area contributed by atoms with Gasteiger partial charge in [0.2, 0.25) is 0 Å². The second kappa shape index (κ2) is 6.48. The summed E-state index contributed by atoms with van der Waals surface area (Å²) in [4.78, 5) is 6.53. The molecule has 0 radical (unpaired) electrons. The zero-order valence-electron chi connectivity index (χ0n) is 12.4. The molecule has 112 valence electrons. The molecular formula is C18H18ClN3. The maximum Gasteiger partial charge on any atom is 0.133 e. The summed E-state index contributed by atoms with van der Waals surface area (Å²) in [6, 6.07) is 16.7. The number of hydrogen-bond donors (Lipinski definition) is 0. The van der Waals surface area contributed by atoms with E-state index < -0.39 is 5.41 Å². The monoisotopic (exact) mass is 311 g/mol. The molecular weight excluding hydrogens is 294 g/mol. The van der Waals surface area contributed by atoms with Crippen molar-refractivity contribution in [2.24, 2.45) is 0 Å². The lowest BCUT2D eigenvalue weighted by Crippen LogP contribution is -2.41. The van der Waals surface area contributed by atoms with Crippen molar-refractivity contribution in [3.05, 3.63) is 64.9 Å². The SMILES string of the molecule is N#CC1(c2cccnc2Cl)CCN(Cc2ccccc2)CC1. The number of nitriles is 1. The summed E-state index contributed by atoms with van der Waals surface area (Å²) in [6.07, 6.45) is 3.25. The number of halogens is 1. The highest BCUT2D eigenvalue weighted by atomic mass is 35.5. The standard InChI is InChI=1S/C18H18ClN3/c19-17-16(7-4-10-21-17)18(14-20)8-11-22(12-9-18)13-15-5-2-1-3-6-15/h1-7,10H,8-9,11-13H2. The van der Waals surface area contributed by atoms with Crippen LogP contribution in [0.3, 0.4) is 0 Å². The Bertz CT molecular complexity index is 670. The van der Waals surface area contributed by atoms with Gasteiger partial charge in [-0.25, -0.2) is 4.98 Å². The second-order valence-corrected chi connectivity index (χ2v) is 6.16. The van der Waals surface area contributed by atoms with E-state index in [1.54, 1.807) is 6.20 Å². The molecule has 0 atom stereocenters. The molecule has 0 aliphatic carbocycles. The summed E-state index contributed by atoms with van der Waals surface area (Å²) in [5.41, 5.74) is 1.68. The number of pyridine rings is 1. The molecule has 3 nitrogen and oxygen atoms in total. The molecule has 1 aromatic heterocycles. The van der Waals surface area contributed by atoms with E-state index >= 15 is 0 Å². The van der Waals surface area contributed by atoms with Crippen molar-refractivity contribution in [2.75, 3.05) is 13.1 Å². The minimum Gasteiger partial charge on any atom is -0.299 e. The Morgan fingerprint density at radius 3 is 2.50 bits per heavy atom. The number of hydrogen-bond acceptors (Lipinski definition) is 3. The summed E-state index contributed by atoms with van der Waals surface area (Å²) in [6.45, 7) is 2.73. The molecule has 2 heterocycles. The average molecular weight is 312 g/mol. The van der Waals surface area contributed by atoms with Crippen LogP contribution in [0.1, 0.15) is 24.0 Å². The Labute approximate surface area is 136 Å². The van der Waals surface area contributed by atoms with Gasteiger partial charge in [0.25, 0.3) is 0 Å². The second-order valence-electron chi connectivity index (χ2n) is 5.80. The lowest BCUT2D eigenvalue weighted by Gasteiger charge is -2.37. The van der Waals surface area contributed by atoms with E-state index in [1.165, 1.54) is 5.56 Å². The molecule has 3 rings (SSSR count). The van der Waals surface area contributed by atoms with E-state index in [-0.39, 0.29) is 0 Å². The maximum absolute atomic E-state index is 9.74. The van der Waals surface area contributed by atoms with Crippen LogP contribution in [0.2, 0.25) is 5.15 Å². The third kappa shape index (κ3) is 2.99. The molecule has 0 spiro atoms. The van der Waals surface area contributed by atoms with E-state index in [0.717, 1.165) is 38.0 Å². The van der Waals surface area contributed by atoms with E-state index in [9.17, 15) is 5.26 Å². The Morgan fingerprint density at radius 2 is 1.86 bits per heavy atom. The molecule has 2 aromatic rings. The van der Waals surface area contributed by atoms with Gasteiger partial charge in [0, 0.05) is 31.4 Å². The van der Waals surface area contributed by atoms with Crippen molar-refractivity contribution in [2.45, 2.75) is 24.8 Å². The molecule has 1 aliphatic heterocycles. The van der Waals surface area contributed by atoms with Crippen molar-refractivity contribution in [1.82, 2.24) is 9.88 Å². The fourth-order valence-corrected chi connectivity index (χ4v) is 3.42. The first-order valence-corrected chi connectivity index (χ1v) is 7.90. The van der Waals surface area contributed by atoms with Crippen molar-refractivity contribution >= 4 is 11.6 Å². The van der Waals surface area contributed by atoms with E-state index in [2.05, 4.69) is 40.2 Å². The third-order valence-corrected chi connectivity index (χ3v) is 4.75. The Morgan fingerprint density at radius 1 is 1.14 bits per heavy atom. The number of benzene rings is 1. The molecule has 0 saturated carbocycles. The van der Waals surface area contributed by atoms with Gasteiger partial charge in [-0.3, -0.25) is 4.90 Å². The van der Waals surface area contributed by atoms with Crippen molar-refractivity contribution < 1.29 is 0 Å². The number of rotatable bonds is 3. The predicted molar refractivity (Wildman–Crippen MR) is 87.5 cm³/mol. The van der Waals surface area contributed by atoms with Crippen LogP contribution in [0.4, 0.5) is 0 Å². The zero-order valence-corrected chi connectivity index (χ0v) is 13.1. The lowest BCUT2D eigenvalue weighted by molar-refractivity contribution is 0.179. The highest BCUT2D eigenvalue weighted by molar-refractivity contribution is 6.30. The summed E-state index contributed by atoms with van der Waals surface area (Å²) in [5.74, 6) is 0. The topological polar surface area (TPSA) is 39.9 Å². The van der Waals surface area contributed by atoms with Gasteiger partial charge in [0.05, 0.1) is 11.5 Å². The summed E-state index contributed by atoms with van der Waals surface area (Å²) >= 11 is 6.22. The summed E-state index contributed by atoms with van der Waals surface area (Å²) < 4.78 is 0. The molecule has 0 bridgehead atoms. The van der Waals surface area contributed by atoms with Crippen LogP contribution in [-0.4, -0.2) is 23.0 Å². The van der Waals surface area contributed by atoms with Crippen LogP contribution in [-0.2, 0) is 12.0 Å². The van der Waals surface area contributed by atoms with E-state index in [1.807, 2.05) is 18.2 Å². The first-order chi connectivity index (χ1) is 10.7. The number of likely N-dealkylation sites (tertiary alicyclic amines) is 1. The third-order valence-electron chi connectivity index (χ3n) is 4.45. The van der Waals surface area contributed by atoms with Gasteiger partial charge in [-0.2, -0.15) is 5.26 Å². The first-order valence-electron chi connectivity index (χ1n) is 7.52. The van der Waals surface area contributed by atoms with Gasteiger partial charge < -0.3 is 0 Å². The van der Waals surface area contributed by atoms with E-state index in [4.69, 9.17) is 11.6 Å². The van der Waals surface area contributed by atoms with Crippen molar-refractivity contribution in [3.63, 3.8) is 0 Å².